The van der Waals surface area contributed by atoms with Gasteiger partial charge in [0.1, 0.15) is 11.6 Å². The van der Waals surface area contributed by atoms with Gasteiger partial charge in [-0.2, -0.15) is 0 Å². The number of carbonyl (C=O) groups is 2. The fraction of sp³-hybridized carbons (Fsp3) is 0.200. The van der Waals surface area contributed by atoms with Crippen molar-refractivity contribution in [2.45, 2.75) is 19.4 Å². The molecule has 0 aliphatic heterocycles. The molecule has 1 aromatic heterocycles. The fourth-order valence-electron chi connectivity index (χ4n) is 1.81. The van der Waals surface area contributed by atoms with Crippen LogP contribution in [0.3, 0.4) is 0 Å². The van der Waals surface area contributed by atoms with E-state index in [4.69, 9.17) is 4.42 Å². The highest BCUT2D eigenvalue weighted by Gasteiger charge is 2.18. The van der Waals surface area contributed by atoms with E-state index in [9.17, 15) is 14.0 Å². The highest BCUT2D eigenvalue weighted by atomic mass is 19.1. The van der Waals surface area contributed by atoms with Crippen LogP contribution < -0.4 is 10.6 Å². The Morgan fingerprint density at radius 2 is 1.95 bits per heavy atom. The monoisotopic (exact) mass is 290 g/mol. The Hall–Kier alpha value is -2.63. The third kappa shape index (κ3) is 4.17. The van der Waals surface area contributed by atoms with Gasteiger partial charge in [0, 0.05) is 12.5 Å². The number of hydrogen-bond donors (Lipinski definition) is 2. The Morgan fingerprint density at radius 3 is 2.62 bits per heavy atom. The van der Waals surface area contributed by atoms with Gasteiger partial charge < -0.3 is 15.1 Å². The van der Waals surface area contributed by atoms with E-state index >= 15 is 0 Å². The molecule has 0 saturated carbocycles. The summed E-state index contributed by atoms with van der Waals surface area (Å²) in [5.41, 5.74) is -0.0312. The van der Waals surface area contributed by atoms with Gasteiger partial charge in [-0.25, -0.2) is 4.39 Å². The number of hydrogen-bond acceptors (Lipinski definition) is 3. The Bertz CT molecular complexity index is 626. The molecule has 2 rings (SSSR count). The van der Waals surface area contributed by atoms with Gasteiger partial charge in [-0.15, -0.1) is 0 Å². The maximum absolute atomic E-state index is 13.4. The van der Waals surface area contributed by atoms with Crippen LogP contribution >= 0.6 is 0 Å². The summed E-state index contributed by atoms with van der Waals surface area (Å²) in [6.07, 6.45) is 2.00. The zero-order valence-corrected chi connectivity index (χ0v) is 11.4. The first-order valence-corrected chi connectivity index (χ1v) is 6.45. The minimum absolute atomic E-state index is 0.0312. The number of furan rings is 1. The van der Waals surface area contributed by atoms with Crippen molar-refractivity contribution < 1.29 is 18.4 Å². The molecule has 1 unspecified atom stereocenters. The highest BCUT2D eigenvalue weighted by molar-refractivity contribution is 6.39. The van der Waals surface area contributed by atoms with E-state index in [-0.39, 0.29) is 11.7 Å². The molecule has 1 atom stereocenters. The van der Waals surface area contributed by atoms with Crippen molar-refractivity contribution in [3.63, 3.8) is 0 Å². The van der Waals surface area contributed by atoms with Crippen LogP contribution in [0.5, 0.6) is 0 Å². The lowest BCUT2D eigenvalue weighted by atomic mass is 10.2. The molecule has 0 radical (unpaired) electrons. The Balaban J connectivity index is 1.88. The summed E-state index contributed by atoms with van der Waals surface area (Å²) in [6, 6.07) is 8.89. The predicted molar refractivity (Wildman–Crippen MR) is 75.0 cm³/mol. The smallest absolute Gasteiger partial charge is 0.313 e. The van der Waals surface area contributed by atoms with E-state index in [2.05, 4.69) is 10.6 Å². The molecular weight excluding hydrogens is 275 g/mol. The first-order valence-electron chi connectivity index (χ1n) is 6.45. The standard InChI is InChI=1S/C15H15FN2O3/c1-10(9-11-5-4-8-21-11)17-14(19)15(20)18-13-7-3-2-6-12(13)16/h2-8,10H,9H2,1H3,(H,17,19)(H,18,20). The van der Waals surface area contributed by atoms with Crippen molar-refractivity contribution in [1.29, 1.82) is 0 Å². The molecule has 0 fully saturated rings. The maximum Gasteiger partial charge on any atom is 0.313 e. The van der Waals surface area contributed by atoms with E-state index < -0.39 is 17.6 Å². The topological polar surface area (TPSA) is 71.3 Å². The van der Waals surface area contributed by atoms with E-state index in [1.54, 1.807) is 25.1 Å². The largest absolute Gasteiger partial charge is 0.469 e. The van der Waals surface area contributed by atoms with Crippen molar-refractivity contribution in [3.05, 3.63) is 54.2 Å². The number of carbonyl (C=O) groups excluding carboxylic acids is 2. The van der Waals surface area contributed by atoms with Crippen LogP contribution in [0.1, 0.15) is 12.7 Å². The third-order valence-corrected chi connectivity index (χ3v) is 2.79. The van der Waals surface area contributed by atoms with Gasteiger partial charge in [-0.05, 0) is 31.2 Å². The van der Waals surface area contributed by atoms with Gasteiger partial charge in [0.2, 0.25) is 0 Å². The van der Waals surface area contributed by atoms with Crippen LogP contribution in [0.2, 0.25) is 0 Å². The minimum atomic E-state index is -0.911. The number of anilines is 1. The Kier molecular flexibility index (Phi) is 4.71. The van der Waals surface area contributed by atoms with Crippen molar-refractivity contribution in [2.24, 2.45) is 0 Å². The Labute approximate surface area is 121 Å². The first-order chi connectivity index (χ1) is 10.1. The van der Waals surface area contributed by atoms with Crippen LogP contribution in [0.4, 0.5) is 10.1 Å². The van der Waals surface area contributed by atoms with E-state index in [0.717, 1.165) is 0 Å². The number of amides is 2. The molecular formula is C15H15FN2O3. The van der Waals surface area contributed by atoms with E-state index in [1.165, 1.54) is 24.5 Å². The lowest BCUT2D eigenvalue weighted by Gasteiger charge is -2.12. The molecule has 6 heteroatoms. The van der Waals surface area contributed by atoms with Crippen molar-refractivity contribution >= 4 is 17.5 Å². The summed E-state index contributed by atoms with van der Waals surface area (Å²) >= 11 is 0. The molecule has 0 spiro atoms. The average Bonchev–Trinajstić information content (AvgIpc) is 2.93. The van der Waals surface area contributed by atoms with Gasteiger partial charge in [-0.1, -0.05) is 12.1 Å². The summed E-state index contributed by atoms with van der Waals surface area (Å²) in [5.74, 6) is -1.62. The van der Waals surface area contributed by atoms with Gasteiger partial charge in [-0.3, -0.25) is 9.59 Å². The normalized spacial score (nSPS) is 11.7. The lowest BCUT2D eigenvalue weighted by molar-refractivity contribution is -0.136. The molecule has 1 heterocycles. The summed E-state index contributed by atoms with van der Waals surface area (Å²) in [7, 11) is 0. The molecule has 0 bridgehead atoms. The molecule has 0 saturated heterocycles. The van der Waals surface area contributed by atoms with Crippen molar-refractivity contribution in [1.82, 2.24) is 5.32 Å². The first kappa shape index (κ1) is 14.8. The minimum Gasteiger partial charge on any atom is -0.469 e. The maximum atomic E-state index is 13.4. The number of halogens is 1. The SMILES string of the molecule is CC(Cc1ccco1)NC(=O)C(=O)Nc1ccccc1F. The van der Waals surface area contributed by atoms with Crippen molar-refractivity contribution in [2.75, 3.05) is 5.32 Å². The molecule has 2 N–H and O–H groups in total. The van der Waals surface area contributed by atoms with E-state index in [1.807, 2.05) is 0 Å². The average molecular weight is 290 g/mol. The van der Waals surface area contributed by atoms with Crippen LogP contribution in [0.25, 0.3) is 0 Å². The van der Waals surface area contributed by atoms with Crippen LogP contribution in [-0.4, -0.2) is 17.9 Å². The zero-order chi connectivity index (χ0) is 15.2. The molecule has 2 aromatic rings. The Morgan fingerprint density at radius 1 is 1.19 bits per heavy atom. The van der Waals surface area contributed by atoms with Gasteiger partial charge in [0.05, 0.1) is 12.0 Å². The summed E-state index contributed by atoms with van der Waals surface area (Å²) in [6.45, 7) is 1.75. The zero-order valence-electron chi connectivity index (χ0n) is 11.4. The number of para-hydroxylation sites is 1. The molecule has 0 aliphatic rings. The molecule has 21 heavy (non-hydrogen) atoms. The second-order valence-electron chi connectivity index (χ2n) is 4.59. The van der Waals surface area contributed by atoms with Crippen LogP contribution in [0, 0.1) is 5.82 Å². The molecule has 110 valence electrons. The van der Waals surface area contributed by atoms with Crippen LogP contribution in [0.15, 0.2) is 47.1 Å². The van der Waals surface area contributed by atoms with Gasteiger partial charge in [0.25, 0.3) is 0 Å². The van der Waals surface area contributed by atoms with Crippen LogP contribution in [-0.2, 0) is 16.0 Å². The fourth-order valence-corrected chi connectivity index (χ4v) is 1.81. The van der Waals surface area contributed by atoms with E-state index in [0.29, 0.717) is 12.2 Å². The molecule has 0 aliphatic carbocycles. The second kappa shape index (κ2) is 6.69. The molecule has 2 amide bonds. The second-order valence-corrected chi connectivity index (χ2v) is 4.59. The molecule has 5 nitrogen and oxygen atoms in total. The van der Waals surface area contributed by atoms with Gasteiger partial charge in [0.15, 0.2) is 0 Å². The number of rotatable bonds is 4. The molecule has 1 aromatic carbocycles. The summed E-state index contributed by atoms with van der Waals surface area (Å²) < 4.78 is 18.5. The highest BCUT2D eigenvalue weighted by Crippen LogP contribution is 2.12. The number of nitrogens with one attached hydrogen (secondary N) is 2. The predicted octanol–water partition coefficient (Wildman–Crippen LogP) is 2.10. The summed E-state index contributed by atoms with van der Waals surface area (Å²) in [5, 5.41) is 4.75. The van der Waals surface area contributed by atoms with Gasteiger partial charge >= 0.3 is 11.8 Å². The van der Waals surface area contributed by atoms with Crippen molar-refractivity contribution in [3.8, 4) is 0 Å². The third-order valence-electron chi connectivity index (χ3n) is 2.79. The quantitative estimate of drug-likeness (QED) is 0.847. The summed E-state index contributed by atoms with van der Waals surface area (Å²) in [4.78, 5) is 23.4. The lowest BCUT2D eigenvalue weighted by Crippen LogP contribution is -2.41. The number of benzene rings is 1.